The molecule has 2 N–H and O–H groups in total. The van der Waals surface area contributed by atoms with Crippen LogP contribution < -0.4 is 5.73 Å². The maximum Gasteiger partial charge on any atom is 0.433 e. The fourth-order valence-electron chi connectivity index (χ4n) is 2.80. The zero-order chi connectivity index (χ0) is 17.5. The van der Waals surface area contributed by atoms with E-state index in [0.29, 0.717) is 13.1 Å². The van der Waals surface area contributed by atoms with Crippen LogP contribution >= 0.6 is 0 Å². The van der Waals surface area contributed by atoms with Crippen molar-refractivity contribution < 1.29 is 18.0 Å². The molecule has 0 aliphatic carbocycles. The van der Waals surface area contributed by atoms with Crippen LogP contribution in [0.5, 0.6) is 0 Å². The molecule has 2 aromatic heterocycles. The molecule has 3 rings (SSSR count). The molecule has 1 amide bonds. The summed E-state index contributed by atoms with van der Waals surface area (Å²) in [5.41, 5.74) is 5.98. The van der Waals surface area contributed by atoms with Gasteiger partial charge in [0.15, 0.2) is 0 Å². The van der Waals surface area contributed by atoms with Crippen molar-refractivity contribution in [2.24, 2.45) is 12.8 Å². The predicted molar refractivity (Wildman–Crippen MR) is 79.1 cm³/mol. The third-order valence-electron chi connectivity index (χ3n) is 4.06. The summed E-state index contributed by atoms with van der Waals surface area (Å²) >= 11 is 0. The summed E-state index contributed by atoms with van der Waals surface area (Å²) in [6.45, 7) is 0.694. The van der Waals surface area contributed by atoms with E-state index in [0.717, 1.165) is 24.0 Å². The highest BCUT2D eigenvalue weighted by Gasteiger charge is 2.36. The number of nitrogens with two attached hydrogens (primary N) is 1. The Morgan fingerprint density at radius 1 is 1.29 bits per heavy atom. The Bertz CT molecular complexity index is 740. The molecule has 9 heteroatoms. The first-order valence-corrected chi connectivity index (χ1v) is 7.31. The van der Waals surface area contributed by atoms with Gasteiger partial charge in [-0.2, -0.15) is 13.2 Å². The van der Waals surface area contributed by atoms with Crippen molar-refractivity contribution in [1.29, 1.82) is 0 Å². The van der Waals surface area contributed by atoms with Gasteiger partial charge >= 0.3 is 6.18 Å². The maximum atomic E-state index is 12.5. The lowest BCUT2D eigenvalue weighted by molar-refractivity contribution is -0.141. The van der Waals surface area contributed by atoms with Gasteiger partial charge in [0.2, 0.25) is 0 Å². The maximum absolute atomic E-state index is 12.5. The van der Waals surface area contributed by atoms with Crippen molar-refractivity contribution in [3.63, 3.8) is 0 Å². The minimum absolute atomic E-state index is 0.0995. The van der Waals surface area contributed by atoms with E-state index in [1.165, 1.54) is 4.90 Å². The van der Waals surface area contributed by atoms with Crippen LogP contribution in [0.3, 0.4) is 0 Å². The highest BCUT2D eigenvalue weighted by Crippen LogP contribution is 2.29. The molecule has 0 unspecified atom stereocenters. The zero-order valence-electron chi connectivity index (χ0n) is 12.9. The normalized spacial score (nSPS) is 21.3. The quantitative estimate of drug-likeness (QED) is 0.897. The summed E-state index contributed by atoms with van der Waals surface area (Å²) < 4.78 is 39.4. The Balaban J connectivity index is 1.74. The van der Waals surface area contributed by atoms with Crippen molar-refractivity contribution in [2.45, 2.75) is 18.1 Å². The predicted octanol–water partition coefficient (Wildman–Crippen LogP) is 1.40. The van der Waals surface area contributed by atoms with Crippen LogP contribution in [0.25, 0.3) is 0 Å². The molecule has 0 bridgehead atoms. The molecule has 0 spiro atoms. The van der Waals surface area contributed by atoms with Crippen molar-refractivity contribution in [3.05, 3.63) is 47.8 Å². The highest BCUT2D eigenvalue weighted by atomic mass is 19.4. The fourth-order valence-corrected chi connectivity index (χ4v) is 2.80. The summed E-state index contributed by atoms with van der Waals surface area (Å²) in [4.78, 5) is 21.6. The number of rotatable bonds is 2. The van der Waals surface area contributed by atoms with E-state index >= 15 is 0 Å². The van der Waals surface area contributed by atoms with Gasteiger partial charge in [-0.25, -0.2) is 4.98 Å². The topological polar surface area (TPSA) is 77.0 Å². The average molecular weight is 339 g/mol. The second-order valence-electron chi connectivity index (χ2n) is 5.87. The standard InChI is InChI=1S/C15H16F3N5O/c1-22-7-12(21-8-22)10-5-23(6-11(10)19)14(24)9-2-3-13(20-4-9)15(16,17)18/h2-4,7-8,10-11H,5-6,19H2,1H3/t10-,11-/m1/s1. The number of carbonyl (C=O) groups is 1. The van der Waals surface area contributed by atoms with Gasteiger partial charge in [-0.3, -0.25) is 9.78 Å². The fraction of sp³-hybridized carbons (Fsp3) is 0.400. The molecule has 1 saturated heterocycles. The molecule has 6 nitrogen and oxygen atoms in total. The molecule has 128 valence electrons. The molecule has 1 fully saturated rings. The van der Waals surface area contributed by atoms with E-state index in [9.17, 15) is 18.0 Å². The van der Waals surface area contributed by atoms with Crippen molar-refractivity contribution in [2.75, 3.05) is 13.1 Å². The monoisotopic (exact) mass is 339 g/mol. The SMILES string of the molecule is Cn1cnc([C@@H]2CN(C(=O)c3ccc(C(F)(F)F)nc3)C[C@H]2N)c1. The average Bonchev–Trinajstić information content (AvgIpc) is 3.11. The van der Waals surface area contributed by atoms with Crippen molar-refractivity contribution in [1.82, 2.24) is 19.4 Å². The second-order valence-corrected chi connectivity index (χ2v) is 5.87. The molecule has 0 radical (unpaired) electrons. The summed E-state index contributed by atoms with van der Waals surface area (Å²) in [7, 11) is 1.84. The third-order valence-corrected chi connectivity index (χ3v) is 4.06. The van der Waals surface area contributed by atoms with Crippen molar-refractivity contribution in [3.8, 4) is 0 Å². The Morgan fingerprint density at radius 3 is 2.58 bits per heavy atom. The van der Waals surface area contributed by atoms with Crippen LogP contribution in [-0.4, -0.2) is 44.5 Å². The summed E-state index contributed by atoms with van der Waals surface area (Å²) in [6, 6.07) is 1.67. The van der Waals surface area contributed by atoms with E-state index in [2.05, 4.69) is 9.97 Å². The minimum Gasteiger partial charge on any atom is -0.340 e. The molecule has 1 aliphatic rings. The number of halogens is 3. The second kappa shape index (κ2) is 5.90. The van der Waals surface area contributed by atoms with Gasteiger partial charge in [0.25, 0.3) is 5.91 Å². The highest BCUT2D eigenvalue weighted by molar-refractivity contribution is 5.94. The van der Waals surface area contributed by atoms with Crippen LogP contribution in [0.2, 0.25) is 0 Å². The Morgan fingerprint density at radius 2 is 2.04 bits per heavy atom. The van der Waals surface area contributed by atoms with Gasteiger partial charge in [0.1, 0.15) is 5.69 Å². The Kier molecular flexibility index (Phi) is 4.04. The number of hydrogen-bond acceptors (Lipinski definition) is 4. The van der Waals surface area contributed by atoms with E-state index < -0.39 is 11.9 Å². The molecule has 1 aliphatic heterocycles. The first-order chi connectivity index (χ1) is 11.3. The van der Waals surface area contributed by atoms with Crippen LogP contribution in [0.4, 0.5) is 13.2 Å². The number of amides is 1. The number of nitrogens with zero attached hydrogens (tertiary/aromatic N) is 4. The summed E-state index contributed by atoms with van der Waals surface area (Å²) in [6.07, 6.45) is -0.0725. The number of likely N-dealkylation sites (tertiary alicyclic amines) is 1. The zero-order valence-corrected chi connectivity index (χ0v) is 12.9. The summed E-state index contributed by atoms with van der Waals surface area (Å²) in [5, 5.41) is 0. The van der Waals surface area contributed by atoms with Crippen LogP contribution in [0, 0.1) is 0 Å². The van der Waals surface area contributed by atoms with Gasteiger partial charge in [-0.15, -0.1) is 0 Å². The lowest BCUT2D eigenvalue weighted by Crippen LogP contribution is -2.32. The van der Waals surface area contributed by atoms with Crippen LogP contribution in [0.15, 0.2) is 30.9 Å². The molecule has 0 saturated carbocycles. The van der Waals surface area contributed by atoms with E-state index in [-0.39, 0.29) is 23.4 Å². The first-order valence-electron chi connectivity index (χ1n) is 7.31. The molecule has 0 aromatic carbocycles. The van der Waals surface area contributed by atoms with Crippen molar-refractivity contribution >= 4 is 5.91 Å². The van der Waals surface area contributed by atoms with Gasteiger partial charge in [-0.05, 0) is 12.1 Å². The lowest BCUT2D eigenvalue weighted by atomic mass is 10.0. The Hall–Kier alpha value is -2.42. The molecule has 24 heavy (non-hydrogen) atoms. The number of imidazole rings is 1. The minimum atomic E-state index is -4.53. The van der Waals surface area contributed by atoms with E-state index in [1.54, 1.807) is 10.9 Å². The number of aromatic nitrogens is 3. The number of aryl methyl sites for hydroxylation is 1. The summed E-state index contributed by atoms with van der Waals surface area (Å²) in [5.74, 6) is -0.484. The van der Waals surface area contributed by atoms with Gasteiger partial charge in [-0.1, -0.05) is 0 Å². The third kappa shape index (κ3) is 3.12. The van der Waals surface area contributed by atoms with Gasteiger partial charge in [0.05, 0.1) is 17.6 Å². The smallest absolute Gasteiger partial charge is 0.340 e. The van der Waals surface area contributed by atoms with Crippen LogP contribution in [-0.2, 0) is 13.2 Å². The molecule has 2 atom stereocenters. The molecular weight excluding hydrogens is 323 g/mol. The van der Waals surface area contributed by atoms with Crippen LogP contribution in [0.1, 0.15) is 27.7 Å². The number of pyridine rings is 1. The van der Waals surface area contributed by atoms with E-state index in [1.807, 2.05) is 13.2 Å². The number of carbonyl (C=O) groups excluding carboxylic acids is 1. The Labute approximate surface area is 136 Å². The largest absolute Gasteiger partial charge is 0.433 e. The molecular formula is C15H16F3N5O. The number of hydrogen-bond donors (Lipinski definition) is 1. The van der Waals surface area contributed by atoms with E-state index in [4.69, 9.17) is 5.73 Å². The first kappa shape index (κ1) is 16.4. The van der Waals surface area contributed by atoms with Gasteiger partial charge < -0.3 is 15.2 Å². The number of alkyl halides is 3. The molecule has 3 heterocycles. The molecule has 2 aromatic rings. The lowest BCUT2D eigenvalue weighted by Gasteiger charge is -2.16. The van der Waals surface area contributed by atoms with Gasteiger partial charge in [0, 0.05) is 44.5 Å².